The maximum absolute atomic E-state index is 2.49. The Bertz CT molecular complexity index is 526. The predicted octanol–water partition coefficient (Wildman–Crippen LogP) is 8.94. The van der Waals surface area contributed by atoms with Crippen LogP contribution in [0.3, 0.4) is 0 Å². The molecule has 0 bridgehead atoms. The van der Waals surface area contributed by atoms with E-state index >= 15 is 0 Å². The summed E-state index contributed by atoms with van der Waals surface area (Å²) in [6.07, 6.45) is 20.2. The van der Waals surface area contributed by atoms with E-state index in [1.807, 2.05) is 0 Å². The van der Waals surface area contributed by atoms with Crippen LogP contribution in [0.4, 0.5) is 0 Å². The van der Waals surface area contributed by atoms with Crippen molar-refractivity contribution < 1.29 is 0 Å². The number of hydrogen-bond acceptors (Lipinski definition) is 0. The van der Waals surface area contributed by atoms with Gasteiger partial charge < -0.3 is 0 Å². The van der Waals surface area contributed by atoms with Gasteiger partial charge in [-0.15, -0.1) is 0 Å². The summed E-state index contributed by atoms with van der Waals surface area (Å²) in [6, 6.07) is 9.68. The van der Waals surface area contributed by atoms with Gasteiger partial charge in [-0.3, -0.25) is 0 Å². The SMILES string of the molecule is CCCCCc1ccc(C(C)C2CCC(C3CCC(CCC)CC3)CC2)cc1. The molecule has 1 aromatic carbocycles. The molecule has 2 saturated carbocycles. The molecule has 0 N–H and O–H groups in total. The van der Waals surface area contributed by atoms with Crippen LogP contribution in [0.1, 0.15) is 121 Å². The fourth-order valence-corrected chi connectivity index (χ4v) is 6.31. The third-order valence-electron chi connectivity index (χ3n) is 8.35. The average Bonchev–Trinajstić information content (AvgIpc) is 2.75. The highest BCUT2D eigenvalue weighted by atomic mass is 14.4. The molecule has 2 aliphatic rings. The smallest absolute Gasteiger partial charge is 0.0162 e. The van der Waals surface area contributed by atoms with Crippen LogP contribution >= 0.6 is 0 Å². The number of unbranched alkanes of at least 4 members (excludes halogenated alkanes) is 2. The van der Waals surface area contributed by atoms with Gasteiger partial charge in [-0.25, -0.2) is 0 Å². The van der Waals surface area contributed by atoms with E-state index < -0.39 is 0 Å². The Hall–Kier alpha value is -0.780. The van der Waals surface area contributed by atoms with Gasteiger partial charge in [0.1, 0.15) is 0 Å². The van der Waals surface area contributed by atoms with Gasteiger partial charge in [0, 0.05) is 0 Å². The van der Waals surface area contributed by atoms with Gasteiger partial charge in [0.25, 0.3) is 0 Å². The van der Waals surface area contributed by atoms with Crippen molar-refractivity contribution in [3.05, 3.63) is 35.4 Å². The van der Waals surface area contributed by atoms with E-state index in [-0.39, 0.29) is 0 Å². The van der Waals surface area contributed by atoms with Crippen molar-refractivity contribution in [3.8, 4) is 0 Å². The first-order chi connectivity index (χ1) is 13.7. The topological polar surface area (TPSA) is 0 Å². The highest BCUT2D eigenvalue weighted by Gasteiger charge is 2.32. The van der Waals surface area contributed by atoms with Crippen LogP contribution in [0.2, 0.25) is 0 Å². The van der Waals surface area contributed by atoms with Crippen LogP contribution in [0.5, 0.6) is 0 Å². The molecule has 0 saturated heterocycles. The fraction of sp³-hybridized carbons (Fsp3) is 0.786. The van der Waals surface area contributed by atoms with Crippen molar-refractivity contribution in [2.75, 3.05) is 0 Å². The van der Waals surface area contributed by atoms with E-state index in [9.17, 15) is 0 Å². The standard InChI is InChI=1S/C28H46/c1-4-6-7-9-24-10-14-25(15-11-24)22(3)26-18-20-28(21-19-26)27-16-12-23(8-5-2)13-17-27/h10-11,14-15,22-23,26-28H,4-9,12-13,16-21H2,1-3H3. The van der Waals surface area contributed by atoms with Crippen molar-refractivity contribution in [2.24, 2.45) is 23.7 Å². The third kappa shape index (κ3) is 6.11. The van der Waals surface area contributed by atoms with E-state index in [0.717, 1.165) is 29.6 Å². The Morgan fingerprint density at radius 2 is 1.36 bits per heavy atom. The average molecular weight is 383 g/mol. The molecule has 0 nitrogen and oxygen atoms in total. The van der Waals surface area contributed by atoms with Crippen LogP contribution in [0.25, 0.3) is 0 Å². The van der Waals surface area contributed by atoms with Crippen LogP contribution in [-0.2, 0) is 6.42 Å². The molecule has 1 unspecified atom stereocenters. The molecule has 158 valence electrons. The molecule has 3 rings (SSSR count). The second-order valence-electron chi connectivity index (χ2n) is 10.2. The van der Waals surface area contributed by atoms with Crippen LogP contribution < -0.4 is 0 Å². The molecule has 0 aromatic heterocycles. The summed E-state index contributed by atoms with van der Waals surface area (Å²) in [7, 11) is 0. The van der Waals surface area contributed by atoms with E-state index in [1.54, 1.807) is 5.56 Å². The van der Waals surface area contributed by atoms with Gasteiger partial charge in [0.15, 0.2) is 0 Å². The van der Waals surface area contributed by atoms with Crippen molar-refractivity contribution in [3.63, 3.8) is 0 Å². The lowest BCUT2D eigenvalue weighted by molar-refractivity contribution is 0.137. The summed E-state index contributed by atoms with van der Waals surface area (Å²) in [5.41, 5.74) is 3.12. The Kier molecular flexibility index (Phi) is 8.94. The maximum Gasteiger partial charge on any atom is -0.0162 e. The van der Waals surface area contributed by atoms with Crippen molar-refractivity contribution in [1.82, 2.24) is 0 Å². The van der Waals surface area contributed by atoms with E-state index in [1.165, 1.54) is 95.5 Å². The molecule has 0 radical (unpaired) electrons. The largest absolute Gasteiger partial charge is 0.0654 e. The Balaban J connectivity index is 1.43. The van der Waals surface area contributed by atoms with Crippen molar-refractivity contribution in [2.45, 2.75) is 117 Å². The van der Waals surface area contributed by atoms with E-state index in [4.69, 9.17) is 0 Å². The number of hydrogen-bond donors (Lipinski definition) is 0. The fourth-order valence-electron chi connectivity index (χ4n) is 6.31. The molecule has 1 aromatic rings. The van der Waals surface area contributed by atoms with Crippen LogP contribution in [0, 0.1) is 23.7 Å². The summed E-state index contributed by atoms with van der Waals surface area (Å²) in [4.78, 5) is 0. The number of rotatable bonds is 9. The molecule has 0 heterocycles. The molecular weight excluding hydrogens is 336 g/mol. The van der Waals surface area contributed by atoms with Gasteiger partial charge in [-0.1, -0.05) is 83.6 Å². The highest BCUT2D eigenvalue weighted by molar-refractivity contribution is 5.25. The lowest BCUT2D eigenvalue weighted by Crippen LogP contribution is -2.27. The van der Waals surface area contributed by atoms with E-state index in [2.05, 4.69) is 45.0 Å². The van der Waals surface area contributed by atoms with Crippen LogP contribution in [0.15, 0.2) is 24.3 Å². The summed E-state index contributed by atoms with van der Waals surface area (Å²) in [5, 5.41) is 0. The molecule has 28 heavy (non-hydrogen) atoms. The Morgan fingerprint density at radius 1 is 0.750 bits per heavy atom. The van der Waals surface area contributed by atoms with Crippen LogP contribution in [-0.4, -0.2) is 0 Å². The molecule has 0 aliphatic heterocycles. The molecular formula is C28H46. The molecule has 2 fully saturated rings. The second-order valence-corrected chi connectivity index (χ2v) is 10.2. The summed E-state index contributed by atoms with van der Waals surface area (Å²) < 4.78 is 0. The second kappa shape index (κ2) is 11.4. The summed E-state index contributed by atoms with van der Waals surface area (Å²) in [6.45, 7) is 7.14. The maximum atomic E-state index is 2.49. The minimum absolute atomic E-state index is 0.742. The minimum atomic E-state index is 0.742. The van der Waals surface area contributed by atoms with Gasteiger partial charge in [-0.2, -0.15) is 0 Å². The van der Waals surface area contributed by atoms with Gasteiger partial charge in [0.05, 0.1) is 0 Å². The van der Waals surface area contributed by atoms with Crippen molar-refractivity contribution >= 4 is 0 Å². The Labute approximate surface area is 175 Å². The first-order valence-corrected chi connectivity index (χ1v) is 12.8. The molecule has 1 atom stereocenters. The summed E-state index contributed by atoms with van der Waals surface area (Å²) >= 11 is 0. The minimum Gasteiger partial charge on any atom is -0.0654 e. The highest BCUT2D eigenvalue weighted by Crippen LogP contribution is 2.45. The molecule has 0 heteroatoms. The quantitative estimate of drug-likeness (QED) is 0.374. The molecule has 0 spiro atoms. The van der Waals surface area contributed by atoms with Gasteiger partial charge >= 0.3 is 0 Å². The normalized spacial score (nSPS) is 29.5. The van der Waals surface area contributed by atoms with Gasteiger partial charge in [-0.05, 0) is 92.1 Å². The molecule has 0 amide bonds. The van der Waals surface area contributed by atoms with E-state index in [0.29, 0.717) is 0 Å². The predicted molar refractivity (Wildman–Crippen MR) is 124 cm³/mol. The monoisotopic (exact) mass is 382 g/mol. The summed E-state index contributed by atoms with van der Waals surface area (Å²) in [5.74, 6) is 4.82. The first-order valence-electron chi connectivity index (χ1n) is 12.8. The number of benzene rings is 1. The Morgan fingerprint density at radius 3 is 1.93 bits per heavy atom. The first kappa shape index (κ1) is 21.9. The zero-order valence-electron chi connectivity index (χ0n) is 19.1. The van der Waals surface area contributed by atoms with Gasteiger partial charge in [0.2, 0.25) is 0 Å². The lowest BCUT2D eigenvalue weighted by atomic mass is 9.66. The molecule has 2 aliphatic carbocycles. The zero-order valence-corrected chi connectivity index (χ0v) is 19.1. The number of aryl methyl sites for hydroxylation is 1. The zero-order chi connectivity index (χ0) is 19.8. The third-order valence-corrected chi connectivity index (χ3v) is 8.35. The van der Waals surface area contributed by atoms with Crippen molar-refractivity contribution in [1.29, 1.82) is 0 Å². The lowest BCUT2D eigenvalue weighted by Gasteiger charge is -2.39.